The number of amides is 2. The third-order valence-electron chi connectivity index (χ3n) is 3.60. The van der Waals surface area contributed by atoms with Crippen molar-refractivity contribution in [1.82, 2.24) is 5.32 Å². The summed E-state index contributed by atoms with van der Waals surface area (Å²) in [4.78, 5) is 24.6. The van der Waals surface area contributed by atoms with Crippen molar-refractivity contribution < 1.29 is 18.4 Å². The Balaban J connectivity index is 1.96. The molecule has 0 aliphatic carbocycles. The molecule has 0 fully saturated rings. The maximum atomic E-state index is 12.9. The van der Waals surface area contributed by atoms with E-state index in [9.17, 15) is 18.4 Å². The maximum absolute atomic E-state index is 12.9. The number of benzene rings is 2. The molecule has 0 radical (unpaired) electrons. The van der Waals surface area contributed by atoms with Crippen LogP contribution < -0.4 is 10.6 Å². The van der Waals surface area contributed by atoms with Crippen molar-refractivity contribution >= 4 is 17.5 Å². The highest BCUT2D eigenvalue weighted by Crippen LogP contribution is 2.19. The Hall–Kier alpha value is -2.76. The lowest BCUT2D eigenvalue weighted by atomic mass is 9.90. The second-order valence-electron chi connectivity index (χ2n) is 5.90. The SMILES string of the molecule is CC(C)(C(=O)NCc1ccc(F)cc1)C(=O)Nc1ccc(F)cc1. The first kappa shape index (κ1) is 17.6. The molecule has 126 valence electrons. The molecule has 0 saturated heterocycles. The minimum atomic E-state index is -1.32. The van der Waals surface area contributed by atoms with Crippen molar-refractivity contribution in [3.8, 4) is 0 Å². The second-order valence-corrected chi connectivity index (χ2v) is 5.90. The van der Waals surface area contributed by atoms with Crippen LogP contribution in [0.4, 0.5) is 14.5 Å². The summed E-state index contributed by atoms with van der Waals surface area (Å²) in [5, 5.41) is 5.23. The van der Waals surface area contributed by atoms with E-state index in [1.54, 1.807) is 12.1 Å². The average molecular weight is 332 g/mol. The van der Waals surface area contributed by atoms with Crippen LogP contribution in [0.1, 0.15) is 19.4 Å². The summed E-state index contributed by atoms with van der Waals surface area (Å²) < 4.78 is 25.7. The molecule has 2 aromatic rings. The molecule has 2 N–H and O–H groups in total. The molecular formula is C18H18F2N2O2. The minimum Gasteiger partial charge on any atom is -0.351 e. The summed E-state index contributed by atoms with van der Waals surface area (Å²) in [5.74, 6) is -1.74. The number of hydrogen-bond donors (Lipinski definition) is 2. The Labute approximate surface area is 138 Å². The Morgan fingerprint density at radius 3 is 1.92 bits per heavy atom. The smallest absolute Gasteiger partial charge is 0.239 e. The Kier molecular flexibility index (Phi) is 5.28. The zero-order valence-electron chi connectivity index (χ0n) is 13.4. The topological polar surface area (TPSA) is 58.2 Å². The van der Waals surface area contributed by atoms with Gasteiger partial charge in [-0.3, -0.25) is 9.59 Å². The van der Waals surface area contributed by atoms with Crippen molar-refractivity contribution in [2.24, 2.45) is 5.41 Å². The van der Waals surface area contributed by atoms with Gasteiger partial charge in [0.2, 0.25) is 11.8 Å². The lowest BCUT2D eigenvalue weighted by Gasteiger charge is -2.22. The van der Waals surface area contributed by atoms with Crippen LogP contribution in [0.3, 0.4) is 0 Å². The Morgan fingerprint density at radius 1 is 0.875 bits per heavy atom. The molecule has 0 spiro atoms. The summed E-state index contributed by atoms with van der Waals surface area (Å²) in [7, 11) is 0. The third kappa shape index (κ3) is 4.38. The predicted octanol–water partition coefficient (Wildman–Crippen LogP) is 3.25. The molecular weight excluding hydrogens is 314 g/mol. The van der Waals surface area contributed by atoms with Gasteiger partial charge in [0, 0.05) is 12.2 Å². The quantitative estimate of drug-likeness (QED) is 0.826. The molecule has 24 heavy (non-hydrogen) atoms. The molecule has 0 aromatic heterocycles. The van der Waals surface area contributed by atoms with E-state index in [0.717, 1.165) is 5.56 Å². The fourth-order valence-electron chi connectivity index (χ4n) is 1.93. The molecule has 2 amide bonds. The summed E-state index contributed by atoms with van der Waals surface area (Å²) in [5.41, 5.74) is -0.200. The fourth-order valence-corrected chi connectivity index (χ4v) is 1.93. The standard InChI is InChI=1S/C18H18F2N2O2/c1-18(2,17(24)22-15-9-7-14(20)8-10-15)16(23)21-11-12-3-5-13(19)6-4-12/h3-10H,11H2,1-2H3,(H,21,23)(H,22,24). The first-order valence-corrected chi connectivity index (χ1v) is 7.39. The molecule has 6 heteroatoms. The number of hydrogen-bond acceptors (Lipinski definition) is 2. The van der Waals surface area contributed by atoms with Crippen molar-refractivity contribution in [3.63, 3.8) is 0 Å². The van der Waals surface area contributed by atoms with E-state index < -0.39 is 23.0 Å². The van der Waals surface area contributed by atoms with E-state index in [4.69, 9.17) is 0 Å². The van der Waals surface area contributed by atoms with Gasteiger partial charge in [0.15, 0.2) is 0 Å². The van der Waals surface area contributed by atoms with Gasteiger partial charge in [-0.15, -0.1) is 0 Å². The van der Waals surface area contributed by atoms with Gasteiger partial charge < -0.3 is 10.6 Å². The van der Waals surface area contributed by atoms with Gasteiger partial charge in [0.25, 0.3) is 0 Å². The minimum absolute atomic E-state index is 0.187. The summed E-state index contributed by atoms with van der Waals surface area (Å²) >= 11 is 0. The van der Waals surface area contributed by atoms with Crippen molar-refractivity contribution in [3.05, 3.63) is 65.7 Å². The molecule has 0 aliphatic rings. The lowest BCUT2D eigenvalue weighted by Crippen LogP contribution is -2.44. The zero-order chi connectivity index (χ0) is 17.7. The average Bonchev–Trinajstić information content (AvgIpc) is 2.56. The molecule has 2 aromatic carbocycles. The Morgan fingerprint density at radius 2 is 1.38 bits per heavy atom. The Bertz CT molecular complexity index is 726. The van der Waals surface area contributed by atoms with Crippen LogP contribution in [-0.4, -0.2) is 11.8 Å². The summed E-state index contributed by atoms with van der Waals surface area (Å²) in [6.45, 7) is 3.17. The van der Waals surface area contributed by atoms with Crippen LogP contribution in [-0.2, 0) is 16.1 Å². The van der Waals surface area contributed by atoms with Gasteiger partial charge in [0.1, 0.15) is 17.0 Å². The maximum Gasteiger partial charge on any atom is 0.239 e. The number of rotatable bonds is 5. The molecule has 0 bridgehead atoms. The van der Waals surface area contributed by atoms with Crippen molar-refractivity contribution in [1.29, 1.82) is 0 Å². The highest BCUT2D eigenvalue weighted by atomic mass is 19.1. The van der Waals surface area contributed by atoms with Gasteiger partial charge >= 0.3 is 0 Å². The van der Waals surface area contributed by atoms with Crippen LogP contribution in [0.5, 0.6) is 0 Å². The summed E-state index contributed by atoms with van der Waals surface area (Å²) in [6, 6.07) is 11.0. The fraction of sp³-hybridized carbons (Fsp3) is 0.222. The van der Waals surface area contributed by atoms with Crippen molar-refractivity contribution in [2.75, 3.05) is 5.32 Å². The molecule has 0 aliphatic heterocycles. The highest BCUT2D eigenvalue weighted by molar-refractivity contribution is 6.09. The monoisotopic (exact) mass is 332 g/mol. The van der Waals surface area contributed by atoms with Crippen LogP contribution in [0.25, 0.3) is 0 Å². The van der Waals surface area contributed by atoms with Gasteiger partial charge in [0.05, 0.1) is 0 Å². The summed E-state index contributed by atoms with van der Waals surface area (Å²) in [6.07, 6.45) is 0. The van der Waals surface area contributed by atoms with Gasteiger partial charge in [-0.25, -0.2) is 8.78 Å². The van der Waals surface area contributed by atoms with Crippen molar-refractivity contribution in [2.45, 2.75) is 20.4 Å². The first-order valence-electron chi connectivity index (χ1n) is 7.39. The largest absolute Gasteiger partial charge is 0.351 e. The predicted molar refractivity (Wildman–Crippen MR) is 87.1 cm³/mol. The molecule has 0 saturated carbocycles. The van der Waals surface area contributed by atoms with Crippen LogP contribution in [0.2, 0.25) is 0 Å². The zero-order valence-corrected chi connectivity index (χ0v) is 13.4. The van der Waals surface area contributed by atoms with Crippen LogP contribution in [0.15, 0.2) is 48.5 Å². The first-order chi connectivity index (χ1) is 11.3. The van der Waals surface area contributed by atoms with E-state index in [1.807, 2.05) is 0 Å². The van der Waals surface area contributed by atoms with Gasteiger partial charge in [-0.05, 0) is 55.8 Å². The normalized spacial score (nSPS) is 11.0. The molecule has 0 unspecified atom stereocenters. The highest BCUT2D eigenvalue weighted by Gasteiger charge is 2.35. The number of carbonyl (C=O) groups is 2. The van der Waals surface area contributed by atoms with E-state index in [1.165, 1.54) is 50.2 Å². The number of anilines is 1. The van der Waals surface area contributed by atoms with E-state index in [2.05, 4.69) is 10.6 Å². The number of nitrogens with one attached hydrogen (secondary N) is 2. The van der Waals surface area contributed by atoms with E-state index in [-0.39, 0.29) is 12.4 Å². The molecule has 0 atom stereocenters. The third-order valence-corrected chi connectivity index (χ3v) is 3.60. The van der Waals surface area contributed by atoms with E-state index >= 15 is 0 Å². The van der Waals surface area contributed by atoms with Crippen LogP contribution >= 0.6 is 0 Å². The number of halogens is 2. The molecule has 2 rings (SSSR count). The van der Waals surface area contributed by atoms with Gasteiger partial charge in [-0.2, -0.15) is 0 Å². The molecule has 4 nitrogen and oxygen atoms in total. The van der Waals surface area contributed by atoms with Gasteiger partial charge in [-0.1, -0.05) is 12.1 Å². The van der Waals surface area contributed by atoms with Crippen LogP contribution in [0, 0.1) is 17.0 Å². The second kappa shape index (κ2) is 7.21. The number of carbonyl (C=O) groups excluding carboxylic acids is 2. The molecule has 0 heterocycles. The lowest BCUT2D eigenvalue weighted by molar-refractivity contribution is -0.138. The van der Waals surface area contributed by atoms with E-state index in [0.29, 0.717) is 5.69 Å².